The molecule has 23 heavy (non-hydrogen) atoms. The molecule has 6 nitrogen and oxygen atoms in total. The van der Waals surface area contributed by atoms with E-state index < -0.39 is 15.9 Å². The Morgan fingerprint density at radius 1 is 1.39 bits per heavy atom. The van der Waals surface area contributed by atoms with Gasteiger partial charge in [-0.2, -0.15) is 4.31 Å². The third kappa shape index (κ3) is 4.30. The van der Waals surface area contributed by atoms with Gasteiger partial charge in [-0.15, -0.1) is 22.7 Å². The fourth-order valence-corrected chi connectivity index (χ4v) is 5.58. The van der Waals surface area contributed by atoms with Crippen molar-refractivity contribution in [1.82, 2.24) is 9.29 Å². The predicted octanol–water partition coefficient (Wildman–Crippen LogP) is 2.99. The molecule has 1 amide bonds. The van der Waals surface area contributed by atoms with Crippen molar-refractivity contribution in [2.75, 3.05) is 18.9 Å². The number of thiophene rings is 1. The zero-order valence-electron chi connectivity index (χ0n) is 12.8. The zero-order valence-corrected chi connectivity index (χ0v) is 16.0. The first-order valence-electron chi connectivity index (χ1n) is 6.72. The molecule has 2 rings (SSSR count). The summed E-state index contributed by atoms with van der Waals surface area (Å²) >= 11 is 8.10. The maximum atomic E-state index is 12.3. The van der Waals surface area contributed by atoms with Crippen LogP contribution in [0.4, 0.5) is 5.13 Å². The van der Waals surface area contributed by atoms with E-state index in [-0.39, 0.29) is 10.8 Å². The molecule has 0 unspecified atom stereocenters. The molecule has 0 radical (unpaired) electrons. The Labute approximate surface area is 148 Å². The second-order valence-corrected chi connectivity index (χ2v) is 9.93. The highest BCUT2D eigenvalue weighted by atomic mass is 35.5. The number of aryl methyl sites for hydroxylation is 2. The molecule has 0 aromatic carbocycles. The zero-order chi connectivity index (χ0) is 17.2. The number of likely N-dealkylation sites (N-methyl/N-ethyl adjacent to an activating group) is 1. The Morgan fingerprint density at radius 3 is 2.61 bits per heavy atom. The number of hydrogen-bond donors (Lipinski definition) is 1. The number of aromatic nitrogens is 1. The number of carbonyl (C=O) groups excluding carboxylic acids is 1. The Kier molecular flexibility index (Phi) is 5.79. The molecule has 0 saturated carbocycles. The van der Waals surface area contributed by atoms with E-state index in [1.165, 1.54) is 30.5 Å². The molecule has 0 aliphatic carbocycles. The van der Waals surface area contributed by atoms with E-state index in [0.717, 1.165) is 32.6 Å². The highest BCUT2D eigenvalue weighted by Gasteiger charge is 2.25. The van der Waals surface area contributed by atoms with Gasteiger partial charge >= 0.3 is 0 Å². The van der Waals surface area contributed by atoms with Crippen molar-refractivity contribution in [1.29, 1.82) is 0 Å². The third-order valence-corrected chi connectivity index (χ3v) is 7.48. The van der Waals surface area contributed by atoms with Crippen LogP contribution in [0.1, 0.15) is 17.5 Å². The van der Waals surface area contributed by atoms with Crippen molar-refractivity contribution in [3.8, 4) is 0 Å². The lowest BCUT2D eigenvalue weighted by Crippen LogP contribution is -2.34. The van der Waals surface area contributed by atoms with Gasteiger partial charge in [-0.1, -0.05) is 18.5 Å². The maximum Gasteiger partial charge on any atom is 0.252 e. The lowest BCUT2D eigenvalue weighted by atomic mass is 10.3. The van der Waals surface area contributed by atoms with Crippen molar-refractivity contribution in [2.24, 2.45) is 0 Å². The number of sulfonamides is 1. The van der Waals surface area contributed by atoms with Crippen LogP contribution in [-0.4, -0.2) is 37.2 Å². The number of rotatable bonds is 6. The molecular weight excluding hydrogens is 378 g/mol. The van der Waals surface area contributed by atoms with Gasteiger partial charge in [-0.3, -0.25) is 4.79 Å². The van der Waals surface area contributed by atoms with E-state index >= 15 is 0 Å². The molecule has 0 spiro atoms. The topological polar surface area (TPSA) is 79.4 Å². The van der Waals surface area contributed by atoms with E-state index in [0.29, 0.717) is 9.47 Å². The number of carbonyl (C=O) groups is 1. The Morgan fingerprint density at radius 2 is 2.09 bits per heavy atom. The number of amides is 1. The summed E-state index contributed by atoms with van der Waals surface area (Å²) in [5, 5.41) is 3.12. The SMILES string of the molecule is CCc1nc(NC(=O)CN(C)S(=O)(=O)c2ccc(Cl)s2)sc1C. The summed E-state index contributed by atoms with van der Waals surface area (Å²) in [5.41, 5.74) is 0.930. The van der Waals surface area contributed by atoms with E-state index in [9.17, 15) is 13.2 Å². The summed E-state index contributed by atoms with van der Waals surface area (Å²) in [4.78, 5) is 17.4. The van der Waals surface area contributed by atoms with Crippen LogP contribution in [0.3, 0.4) is 0 Å². The Bertz CT molecular complexity index is 814. The van der Waals surface area contributed by atoms with Crippen molar-refractivity contribution >= 4 is 55.3 Å². The van der Waals surface area contributed by atoms with Gasteiger partial charge in [0.15, 0.2) is 5.13 Å². The van der Waals surface area contributed by atoms with Crippen LogP contribution in [0.5, 0.6) is 0 Å². The summed E-state index contributed by atoms with van der Waals surface area (Å²) in [6, 6.07) is 2.94. The molecule has 0 aliphatic rings. The molecule has 0 saturated heterocycles. The van der Waals surface area contributed by atoms with Crippen molar-refractivity contribution in [3.05, 3.63) is 27.0 Å². The first-order valence-corrected chi connectivity index (χ1v) is 10.2. The minimum atomic E-state index is -3.72. The molecule has 0 aliphatic heterocycles. The monoisotopic (exact) mass is 393 g/mol. The van der Waals surface area contributed by atoms with Gasteiger partial charge in [-0.25, -0.2) is 13.4 Å². The smallest absolute Gasteiger partial charge is 0.252 e. The van der Waals surface area contributed by atoms with E-state index in [4.69, 9.17) is 11.6 Å². The van der Waals surface area contributed by atoms with Gasteiger partial charge in [0, 0.05) is 11.9 Å². The van der Waals surface area contributed by atoms with Gasteiger partial charge in [0.1, 0.15) is 4.21 Å². The molecule has 2 aromatic heterocycles. The summed E-state index contributed by atoms with van der Waals surface area (Å²) in [5.74, 6) is -0.435. The van der Waals surface area contributed by atoms with E-state index in [1.807, 2.05) is 13.8 Å². The minimum absolute atomic E-state index is 0.108. The highest BCUT2D eigenvalue weighted by molar-refractivity contribution is 7.91. The maximum absolute atomic E-state index is 12.3. The number of halogens is 1. The van der Waals surface area contributed by atoms with Crippen LogP contribution in [-0.2, 0) is 21.2 Å². The van der Waals surface area contributed by atoms with Gasteiger partial charge < -0.3 is 5.32 Å². The molecule has 126 valence electrons. The van der Waals surface area contributed by atoms with E-state index in [2.05, 4.69) is 10.3 Å². The number of thiazole rings is 1. The molecule has 1 N–H and O–H groups in total. The summed E-state index contributed by atoms with van der Waals surface area (Å²) in [6.07, 6.45) is 0.783. The van der Waals surface area contributed by atoms with Crippen molar-refractivity contribution in [3.63, 3.8) is 0 Å². The number of nitrogens with zero attached hydrogens (tertiary/aromatic N) is 2. The molecule has 0 atom stereocenters. The molecule has 2 aromatic rings. The minimum Gasteiger partial charge on any atom is -0.301 e. The van der Waals surface area contributed by atoms with Crippen LogP contribution in [0, 0.1) is 6.92 Å². The normalized spacial score (nSPS) is 11.9. The number of anilines is 1. The average molecular weight is 394 g/mol. The summed E-state index contributed by atoms with van der Waals surface area (Å²) in [6.45, 7) is 3.63. The lowest BCUT2D eigenvalue weighted by Gasteiger charge is -2.15. The fourth-order valence-electron chi connectivity index (χ4n) is 1.85. The Hall–Kier alpha value is -1.000. The first-order chi connectivity index (χ1) is 10.7. The van der Waals surface area contributed by atoms with Crippen molar-refractivity contribution in [2.45, 2.75) is 24.5 Å². The third-order valence-electron chi connectivity index (χ3n) is 3.05. The van der Waals surface area contributed by atoms with Gasteiger partial charge in [0.05, 0.1) is 16.6 Å². The van der Waals surface area contributed by atoms with Crippen LogP contribution in [0.25, 0.3) is 0 Å². The van der Waals surface area contributed by atoms with Gasteiger partial charge in [0.25, 0.3) is 10.0 Å². The largest absolute Gasteiger partial charge is 0.301 e. The molecule has 10 heteroatoms. The van der Waals surface area contributed by atoms with Crippen LogP contribution in [0.15, 0.2) is 16.3 Å². The van der Waals surface area contributed by atoms with Gasteiger partial charge in [0.2, 0.25) is 5.91 Å². The lowest BCUT2D eigenvalue weighted by molar-refractivity contribution is -0.116. The van der Waals surface area contributed by atoms with E-state index in [1.54, 1.807) is 0 Å². The summed E-state index contributed by atoms with van der Waals surface area (Å²) < 4.78 is 26.1. The average Bonchev–Trinajstić information content (AvgIpc) is 3.04. The predicted molar refractivity (Wildman–Crippen MR) is 94.0 cm³/mol. The standard InChI is InChI=1S/C13H16ClN3O3S3/c1-4-9-8(2)21-13(15-9)16-11(18)7-17(3)23(19,20)12-6-5-10(14)22-12/h5-6H,4,7H2,1-3H3,(H,15,16,18). The van der Waals surface area contributed by atoms with Crippen LogP contribution < -0.4 is 5.32 Å². The summed E-state index contributed by atoms with van der Waals surface area (Å²) in [7, 11) is -2.37. The van der Waals surface area contributed by atoms with Crippen LogP contribution in [0.2, 0.25) is 4.34 Å². The molecule has 2 heterocycles. The second kappa shape index (κ2) is 7.27. The highest BCUT2D eigenvalue weighted by Crippen LogP contribution is 2.27. The number of hydrogen-bond acceptors (Lipinski definition) is 6. The fraction of sp³-hybridized carbons (Fsp3) is 0.385. The number of nitrogens with one attached hydrogen (secondary N) is 1. The van der Waals surface area contributed by atoms with Gasteiger partial charge in [-0.05, 0) is 25.5 Å². The van der Waals surface area contributed by atoms with Crippen molar-refractivity contribution < 1.29 is 13.2 Å². The van der Waals surface area contributed by atoms with Crippen LogP contribution >= 0.6 is 34.3 Å². The molecular formula is C13H16ClN3O3S3. The first kappa shape index (κ1) is 18.3. The molecule has 0 fully saturated rings. The quantitative estimate of drug-likeness (QED) is 0.818. The Balaban J connectivity index is 2.04. The molecule has 0 bridgehead atoms. The second-order valence-electron chi connectivity index (χ2n) is 4.74.